The van der Waals surface area contributed by atoms with Gasteiger partial charge in [-0.05, 0) is 106 Å². The quantitative estimate of drug-likeness (QED) is 0.167. The van der Waals surface area contributed by atoms with E-state index in [1.807, 2.05) is 43.3 Å². The van der Waals surface area contributed by atoms with Crippen molar-refractivity contribution in [3.63, 3.8) is 0 Å². The van der Waals surface area contributed by atoms with E-state index in [1.54, 1.807) is 0 Å². The number of aromatic nitrogens is 3. The molecule has 0 fully saturated rings. The van der Waals surface area contributed by atoms with Gasteiger partial charge in [0.2, 0.25) is 5.95 Å². The van der Waals surface area contributed by atoms with Crippen LogP contribution >= 0.6 is 0 Å². The lowest BCUT2D eigenvalue weighted by Gasteiger charge is -2.32. The standard InChI is InChI=1S/C60H40N4O/c1-3-19-52-41(4-2)57-54(63(52)40-22-9-6-10-23-40)34-35-56-58(57)64(53-30-17-18-31-55(53)65-56)59-61-50(38-20-7-5-8-21-38)37-51(62-59)39-32-33-49-45(36-39)44-26-13-16-29-48(44)60(49)46-27-14-11-24-42(46)43-25-12-15-28-47(43)60/h3-37H,2H2,1H3/b19-3-. The third-order valence-electron chi connectivity index (χ3n) is 13.5. The van der Waals surface area contributed by atoms with Gasteiger partial charge in [-0.25, -0.2) is 9.97 Å². The zero-order chi connectivity index (χ0) is 43.2. The second kappa shape index (κ2) is 14.2. The summed E-state index contributed by atoms with van der Waals surface area (Å²) < 4.78 is 9.10. The Morgan fingerprint density at radius 1 is 0.538 bits per heavy atom. The Morgan fingerprint density at radius 2 is 1.12 bits per heavy atom. The molecule has 2 aromatic heterocycles. The van der Waals surface area contributed by atoms with Gasteiger partial charge in [0, 0.05) is 27.8 Å². The van der Waals surface area contributed by atoms with E-state index < -0.39 is 5.41 Å². The maximum Gasteiger partial charge on any atom is 0.236 e. The topological polar surface area (TPSA) is 43.2 Å². The van der Waals surface area contributed by atoms with Crippen LogP contribution in [0.4, 0.5) is 17.3 Å². The number of hydrogen-bond acceptors (Lipinski definition) is 4. The molecule has 13 rings (SSSR count). The van der Waals surface area contributed by atoms with Crippen LogP contribution in [0.15, 0.2) is 207 Å². The number of hydrogen-bond donors (Lipinski definition) is 0. The Morgan fingerprint density at radius 3 is 1.80 bits per heavy atom. The summed E-state index contributed by atoms with van der Waals surface area (Å²) in [5, 5.41) is 0.996. The van der Waals surface area contributed by atoms with Crippen LogP contribution in [-0.4, -0.2) is 14.5 Å². The van der Waals surface area contributed by atoms with Gasteiger partial charge in [0.1, 0.15) is 5.69 Å². The van der Waals surface area contributed by atoms with E-state index in [-0.39, 0.29) is 0 Å². The SMILES string of the molecule is C=Cc1c(/C=C\C)n(-c2ccccc2)c2ccc3c(c12)N(c1nc(-c2ccccc2)cc(-c2ccc4c(c2)-c2ccccc2C42c4ccccc4-c4ccccc42)n1)c1ccccc1O3. The molecular weight excluding hydrogens is 793 g/mol. The minimum atomic E-state index is -0.429. The van der Waals surface area contributed by atoms with Crippen LogP contribution < -0.4 is 9.64 Å². The van der Waals surface area contributed by atoms with E-state index in [0.717, 1.165) is 67.5 Å². The lowest BCUT2D eigenvalue weighted by molar-refractivity contribution is 0.477. The highest BCUT2D eigenvalue weighted by Gasteiger charge is 2.51. The lowest BCUT2D eigenvalue weighted by atomic mass is 9.70. The maximum atomic E-state index is 6.80. The highest BCUT2D eigenvalue weighted by atomic mass is 16.5. The first kappa shape index (κ1) is 37.1. The molecule has 0 N–H and O–H groups in total. The molecule has 5 nitrogen and oxygen atoms in total. The first-order chi connectivity index (χ1) is 32.2. The number of ether oxygens (including phenoxy) is 1. The van der Waals surface area contributed by atoms with Gasteiger partial charge in [-0.15, -0.1) is 0 Å². The van der Waals surface area contributed by atoms with Crippen LogP contribution in [0.1, 0.15) is 40.4 Å². The van der Waals surface area contributed by atoms with Crippen molar-refractivity contribution < 1.29 is 4.74 Å². The summed E-state index contributed by atoms with van der Waals surface area (Å²) in [5.41, 5.74) is 19.3. The van der Waals surface area contributed by atoms with Crippen molar-refractivity contribution in [1.29, 1.82) is 0 Å². The molecule has 0 saturated heterocycles. The molecule has 1 spiro atoms. The molecule has 0 atom stereocenters. The van der Waals surface area contributed by atoms with Crippen LogP contribution in [0.3, 0.4) is 0 Å². The Hall–Kier alpha value is -8.54. The number of allylic oxidation sites excluding steroid dienone is 1. The predicted molar refractivity (Wildman–Crippen MR) is 266 cm³/mol. The molecule has 5 heteroatoms. The van der Waals surface area contributed by atoms with Crippen molar-refractivity contribution in [3.05, 3.63) is 240 Å². The largest absolute Gasteiger partial charge is 0.453 e. The average molecular weight is 833 g/mol. The van der Waals surface area contributed by atoms with Crippen LogP contribution in [0.5, 0.6) is 11.5 Å². The second-order valence-corrected chi connectivity index (χ2v) is 16.8. The Kier molecular flexibility index (Phi) is 8.12. The fraction of sp³-hybridized carbons (Fsp3) is 0.0333. The summed E-state index contributed by atoms with van der Waals surface area (Å²) in [7, 11) is 0. The zero-order valence-electron chi connectivity index (χ0n) is 35.6. The molecule has 65 heavy (non-hydrogen) atoms. The maximum absolute atomic E-state index is 6.80. The van der Waals surface area contributed by atoms with Gasteiger partial charge < -0.3 is 9.30 Å². The Bertz CT molecular complexity index is 3580. The zero-order valence-corrected chi connectivity index (χ0v) is 35.6. The third kappa shape index (κ3) is 5.21. The molecule has 10 aromatic rings. The summed E-state index contributed by atoms with van der Waals surface area (Å²) in [4.78, 5) is 13.2. The van der Waals surface area contributed by atoms with Crippen LogP contribution in [0, 0.1) is 0 Å². The summed E-state index contributed by atoms with van der Waals surface area (Å²) in [6, 6.07) is 69.2. The lowest BCUT2D eigenvalue weighted by Crippen LogP contribution is -2.25. The van der Waals surface area contributed by atoms with Crippen molar-refractivity contribution >= 4 is 40.4 Å². The number of benzene rings is 8. The Balaban J connectivity index is 1.07. The van der Waals surface area contributed by atoms with Crippen LogP contribution in [0.2, 0.25) is 0 Å². The predicted octanol–water partition coefficient (Wildman–Crippen LogP) is 15.3. The van der Waals surface area contributed by atoms with E-state index in [9.17, 15) is 0 Å². The van der Waals surface area contributed by atoms with Crippen molar-refractivity contribution in [2.45, 2.75) is 12.3 Å². The average Bonchev–Trinajstić information content (AvgIpc) is 3.97. The number of rotatable bonds is 6. The van der Waals surface area contributed by atoms with Crippen LogP contribution in [0.25, 0.3) is 73.5 Å². The number of para-hydroxylation sites is 3. The second-order valence-electron chi connectivity index (χ2n) is 16.8. The molecule has 0 radical (unpaired) electrons. The van der Waals surface area contributed by atoms with Crippen molar-refractivity contribution in [3.8, 4) is 62.0 Å². The number of nitrogens with zero attached hydrogens (tertiary/aromatic N) is 4. The molecule has 306 valence electrons. The van der Waals surface area contributed by atoms with Gasteiger partial charge in [0.05, 0.1) is 33.7 Å². The highest BCUT2D eigenvalue weighted by Crippen LogP contribution is 2.63. The highest BCUT2D eigenvalue weighted by molar-refractivity contribution is 6.09. The molecule has 1 aliphatic heterocycles. The van der Waals surface area contributed by atoms with Gasteiger partial charge in [0.15, 0.2) is 11.5 Å². The van der Waals surface area contributed by atoms with Crippen molar-refractivity contribution in [1.82, 2.24) is 14.5 Å². The van der Waals surface area contributed by atoms with Crippen LogP contribution in [-0.2, 0) is 5.41 Å². The van der Waals surface area contributed by atoms with Gasteiger partial charge >= 0.3 is 0 Å². The van der Waals surface area contributed by atoms with E-state index in [4.69, 9.17) is 14.7 Å². The van der Waals surface area contributed by atoms with Crippen molar-refractivity contribution in [2.75, 3.05) is 4.90 Å². The van der Waals surface area contributed by atoms with Gasteiger partial charge in [-0.3, -0.25) is 4.90 Å². The molecule has 2 aliphatic carbocycles. The molecular formula is C60H40N4O. The normalized spacial score (nSPS) is 13.5. The molecule has 0 saturated carbocycles. The molecule has 8 aromatic carbocycles. The first-order valence-corrected chi connectivity index (χ1v) is 22.1. The van der Waals surface area contributed by atoms with Gasteiger partial charge in [0.25, 0.3) is 0 Å². The number of fused-ring (bicyclic) bond motifs is 14. The van der Waals surface area contributed by atoms with E-state index in [2.05, 4.69) is 192 Å². The summed E-state index contributed by atoms with van der Waals surface area (Å²) in [5.74, 6) is 1.97. The minimum absolute atomic E-state index is 0.429. The smallest absolute Gasteiger partial charge is 0.236 e. The fourth-order valence-electron chi connectivity index (χ4n) is 11.0. The first-order valence-electron chi connectivity index (χ1n) is 22.1. The monoisotopic (exact) mass is 832 g/mol. The Labute approximate surface area is 377 Å². The van der Waals surface area contributed by atoms with E-state index in [0.29, 0.717) is 11.7 Å². The summed E-state index contributed by atoms with van der Waals surface area (Å²) >= 11 is 0. The summed E-state index contributed by atoms with van der Waals surface area (Å²) in [6.07, 6.45) is 6.19. The van der Waals surface area contributed by atoms with Gasteiger partial charge in [-0.1, -0.05) is 164 Å². The molecule has 0 unspecified atom stereocenters. The molecule has 0 amide bonds. The fourth-order valence-corrected chi connectivity index (χ4v) is 11.0. The minimum Gasteiger partial charge on any atom is -0.453 e. The van der Waals surface area contributed by atoms with Gasteiger partial charge in [-0.2, -0.15) is 0 Å². The number of anilines is 3. The van der Waals surface area contributed by atoms with E-state index >= 15 is 0 Å². The molecule has 0 bridgehead atoms. The third-order valence-corrected chi connectivity index (χ3v) is 13.5. The summed E-state index contributed by atoms with van der Waals surface area (Å²) in [6.45, 7) is 6.44. The molecule has 3 heterocycles. The van der Waals surface area contributed by atoms with Crippen molar-refractivity contribution in [2.24, 2.45) is 0 Å². The van der Waals surface area contributed by atoms with E-state index in [1.165, 1.54) is 44.5 Å². The molecule has 3 aliphatic rings.